The fourth-order valence-electron chi connectivity index (χ4n) is 2.85. The van der Waals surface area contributed by atoms with Crippen LogP contribution in [0.3, 0.4) is 0 Å². The zero-order chi connectivity index (χ0) is 15.0. The molecule has 0 aromatic heterocycles. The van der Waals surface area contributed by atoms with Gasteiger partial charge in [0, 0.05) is 12.0 Å². The van der Waals surface area contributed by atoms with Crippen molar-refractivity contribution in [2.45, 2.75) is 25.5 Å². The van der Waals surface area contributed by atoms with Crippen LogP contribution in [0.15, 0.2) is 42.5 Å². The molecule has 1 aliphatic carbocycles. The highest BCUT2D eigenvalue weighted by atomic mass is 19.1. The van der Waals surface area contributed by atoms with Gasteiger partial charge in [-0.2, -0.15) is 0 Å². The Kier molecular flexibility index (Phi) is 3.47. The molecule has 2 aromatic rings. The number of rotatable bonds is 2. The number of aryl methyl sites for hydroxylation is 1. The number of carbonyl (C=O) groups is 1. The molecule has 3 rings (SSSR count). The predicted molar refractivity (Wildman–Crippen MR) is 77.5 cm³/mol. The average molecular weight is 285 g/mol. The Bertz CT molecular complexity index is 699. The summed E-state index contributed by atoms with van der Waals surface area (Å²) in [6.45, 7) is 1.69. The van der Waals surface area contributed by atoms with Crippen LogP contribution in [0.1, 0.15) is 33.1 Å². The van der Waals surface area contributed by atoms with Gasteiger partial charge in [-0.3, -0.25) is 4.79 Å². The van der Waals surface area contributed by atoms with Gasteiger partial charge in [-0.05, 0) is 41.8 Å². The first-order valence-electron chi connectivity index (χ1n) is 6.89. The molecule has 1 aliphatic rings. The summed E-state index contributed by atoms with van der Waals surface area (Å²) in [5.41, 5.74) is 2.99. The van der Waals surface area contributed by atoms with E-state index < -0.39 is 12.1 Å². The zero-order valence-electron chi connectivity index (χ0n) is 11.6. The topological polar surface area (TPSA) is 49.3 Å². The Morgan fingerprint density at radius 1 is 1.29 bits per heavy atom. The van der Waals surface area contributed by atoms with Gasteiger partial charge in [0.25, 0.3) is 5.91 Å². The highest BCUT2D eigenvalue weighted by molar-refractivity contribution is 5.96. The van der Waals surface area contributed by atoms with E-state index in [1.807, 2.05) is 24.3 Å². The lowest BCUT2D eigenvalue weighted by molar-refractivity contribution is 0.0857. The van der Waals surface area contributed by atoms with Gasteiger partial charge in [-0.25, -0.2) is 4.39 Å². The van der Waals surface area contributed by atoms with Crippen molar-refractivity contribution in [1.82, 2.24) is 5.32 Å². The predicted octanol–water partition coefficient (Wildman–Crippen LogP) is 2.52. The van der Waals surface area contributed by atoms with E-state index in [4.69, 9.17) is 0 Å². The van der Waals surface area contributed by atoms with Crippen LogP contribution in [0.25, 0.3) is 0 Å². The maximum atomic E-state index is 13.1. The van der Waals surface area contributed by atoms with E-state index in [-0.39, 0.29) is 11.7 Å². The quantitative estimate of drug-likeness (QED) is 0.890. The molecule has 0 saturated heterocycles. The lowest BCUT2D eigenvalue weighted by Crippen LogP contribution is -2.34. The number of amides is 1. The number of nitrogens with one attached hydrogen (secondary N) is 1. The summed E-state index contributed by atoms with van der Waals surface area (Å²) in [6.07, 6.45) is -0.101. The second-order valence-electron chi connectivity index (χ2n) is 5.38. The molecule has 0 aliphatic heterocycles. The van der Waals surface area contributed by atoms with Gasteiger partial charge >= 0.3 is 0 Å². The number of hydrogen-bond acceptors (Lipinski definition) is 2. The minimum Gasteiger partial charge on any atom is -0.390 e. The van der Waals surface area contributed by atoms with Crippen LogP contribution in [-0.4, -0.2) is 17.1 Å². The summed E-state index contributed by atoms with van der Waals surface area (Å²) in [6, 6.07) is 11.3. The molecule has 0 saturated carbocycles. The molecule has 2 aromatic carbocycles. The molecule has 0 radical (unpaired) electrons. The third kappa shape index (κ3) is 2.54. The third-order valence-electron chi connectivity index (χ3n) is 3.92. The Morgan fingerprint density at radius 3 is 2.81 bits per heavy atom. The van der Waals surface area contributed by atoms with Crippen molar-refractivity contribution in [3.05, 3.63) is 70.5 Å². The normalized spacial score (nSPS) is 20.1. The average Bonchev–Trinajstić information content (AvgIpc) is 2.75. The SMILES string of the molecule is Cc1cc(F)ccc1C(=O)NC1c2ccccc2CC1O. The van der Waals surface area contributed by atoms with Gasteiger partial charge in [0.05, 0.1) is 12.1 Å². The van der Waals surface area contributed by atoms with E-state index >= 15 is 0 Å². The van der Waals surface area contributed by atoms with E-state index in [1.165, 1.54) is 18.2 Å². The molecule has 0 spiro atoms. The second-order valence-corrected chi connectivity index (χ2v) is 5.38. The summed E-state index contributed by atoms with van der Waals surface area (Å²) in [5, 5.41) is 13.0. The van der Waals surface area contributed by atoms with Gasteiger partial charge in [-0.1, -0.05) is 24.3 Å². The van der Waals surface area contributed by atoms with Gasteiger partial charge < -0.3 is 10.4 Å². The molecule has 0 fully saturated rings. The number of hydrogen-bond donors (Lipinski definition) is 2. The molecule has 4 heteroatoms. The molecule has 2 unspecified atom stereocenters. The molecular weight excluding hydrogens is 269 g/mol. The van der Waals surface area contributed by atoms with Gasteiger partial charge in [-0.15, -0.1) is 0 Å². The van der Waals surface area contributed by atoms with Crippen LogP contribution in [0.2, 0.25) is 0 Å². The Labute approximate surface area is 122 Å². The molecular formula is C17H16FNO2. The monoisotopic (exact) mass is 285 g/mol. The van der Waals surface area contributed by atoms with Crippen molar-refractivity contribution in [1.29, 1.82) is 0 Å². The summed E-state index contributed by atoms with van der Waals surface area (Å²) in [5.74, 6) is -0.663. The van der Waals surface area contributed by atoms with Crippen LogP contribution < -0.4 is 5.32 Å². The maximum Gasteiger partial charge on any atom is 0.252 e. The fraction of sp³-hybridized carbons (Fsp3) is 0.235. The number of fused-ring (bicyclic) bond motifs is 1. The van der Waals surface area contributed by atoms with Crippen LogP contribution in [0.5, 0.6) is 0 Å². The first-order valence-corrected chi connectivity index (χ1v) is 6.89. The van der Waals surface area contributed by atoms with Gasteiger partial charge in [0.15, 0.2) is 0 Å². The van der Waals surface area contributed by atoms with Crippen molar-refractivity contribution in [3.8, 4) is 0 Å². The molecule has 0 bridgehead atoms. The van der Waals surface area contributed by atoms with E-state index in [0.29, 0.717) is 17.5 Å². The summed E-state index contributed by atoms with van der Waals surface area (Å²) in [7, 11) is 0. The summed E-state index contributed by atoms with van der Waals surface area (Å²) in [4.78, 5) is 12.3. The number of benzene rings is 2. The van der Waals surface area contributed by atoms with Crippen molar-refractivity contribution < 1.29 is 14.3 Å². The Balaban J connectivity index is 1.85. The number of aliphatic hydroxyl groups excluding tert-OH is 1. The molecule has 0 heterocycles. The van der Waals surface area contributed by atoms with E-state index in [9.17, 15) is 14.3 Å². The Hall–Kier alpha value is -2.20. The molecule has 1 amide bonds. The standard InChI is InChI=1S/C17H16FNO2/c1-10-8-12(18)6-7-13(10)17(21)19-16-14-5-3-2-4-11(14)9-15(16)20/h2-8,15-16,20H,9H2,1H3,(H,19,21). The van der Waals surface area contributed by atoms with E-state index in [1.54, 1.807) is 6.92 Å². The number of aliphatic hydroxyl groups is 1. The molecule has 108 valence electrons. The first kappa shape index (κ1) is 13.8. The van der Waals surface area contributed by atoms with Crippen LogP contribution in [0.4, 0.5) is 4.39 Å². The van der Waals surface area contributed by atoms with Crippen molar-refractivity contribution >= 4 is 5.91 Å². The van der Waals surface area contributed by atoms with Crippen molar-refractivity contribution in [2.24, 2.45) is 0 Å². The first-order chi connectivity index (χ1) is 10.1. The third-order valence-corrected chi connectivity index (χ3v) is 3.92. The highest BCUT2D eigenvalue weighted by Crippen LogP contribution is 2.31. The van der Waals surface area contributed by atoms with Crippen LogP contribution in [-0.2, 0) is 6.42 Å². The maximum absolute atomic E-state index is 13.1. The van der Waals surface area contributed by atoms with E-state index in [2.05, 4.69) is 5.32 Å². The fourth-order valence-corrected chi connectivity index (χ4v) is 2.85. The van der Waals surface area contributed by atoms with Crippen LogP contribution >= 0.6 is 0 Å². The van der Waals surface area contributed by atoms with Gasteiger partial charge in [0.2, 0.25) is 0 Å². The van der Waals surface area contributed by atoms with E-state index in [0.717, 1.165) is 11.1 Å². The van der Waals surface area contributed by atoms with Crippen molar-refractivity contribution in [2.75, 3.05) is 0 Å². The zero-order valence-corrected chi connectivity index (χ0v) is 11.6. The smallest absolute Gasteiger partial charge is 0.252 e. The van der Waals surface area contributed by atoms with Crippen molar-refractivity contribution in [3.63, 3.8) is 0 Å². The number of halogens is 1. The number of carbonyl (C=O) groups excluding carboxylic acids is 1. The second kappa shape index (κ2) is 5.30. The molecule has 21 heavy (non-hydrogen) atoms. The molecule has 2 atom stereocenters. The highest BCUT2D eigenvalue weighted by Gasteiger charge is 2.32. The lowest BCUT2D eigenvalue weighted by Gasteiger charge is -2.18. The van der Waals surface area contributed by atoms with Gasteiger partial charge in [0.1, 0.15) is 5.82 Å². The lowest BCUT2D eigenvalue weighted by atomic mass is 10.0. The molecule has 2 N–H and O–H groups in total. The Morgan fingerprint density at radius 2 is 2.05 bits per heavy atom. The summed E-state index contributed by atoms with van der Waals surface area (Å²) >= 11 is 0. The minimum absolute atomic E-state index is 0.298. The van der Waals surface area contributed by atoms with Crippen LogP contribution in [0, 0.1) is 12.7 Å². The minimum atomic E-state index is -0.632. The largest absolute Gasteiger partial charge is 0.390 e. The molecule has 3 nitrogen and oxygen atoms in total. The summed E-state index contributed by atoms with van der Waals surface area (Å²) < 4.78 is 13.1.